The van der Waals surface area contributed by atoms with Crippen molar-refractivity contribution >= 4 is 28.9 Å². The molecule has 0 bridgehead atoms. The summed E-state index contributed by atoms with van der Waals surface area (Å²) in [5, 5.41) is 13.8. The number of nitrogens with one attached hydrogen (secondary N) is 1. The maximum atomic E-state index is 12.3. The zero-order valence-electron chi connectivity index (χ0n) is 15.7. The molecule has 0 aliphatic carbocycles. The van der Waals surface area contributed by atoms with Crippen LogP contribution in [0.25, 0.3) is 0 Å². The molecule has 28 heavy (non-hydrogen) atoms. The Morgan fingerprint density at radius 2 is 1.82 bits per heavy atom. The number of hydrogen-bond acceptors (Lipinski definition) is 5. The van der Waals surface area contributed by atoms with Gasteiger partial charge < -0.3 is 5.32 Å². The number of carbonyl (C=O) groups is 1. The maximum Gasteiger partial charge on any atom is 0.271 e. The van der Waals surface area contributed by atoms with E-state index in [9.17, 15) is 14.9 Å². The molecule has 3 rings (SSSR count). The molecular formula is C20H23ClN4O3. The minimum atomic E-state index is -0.514. The van der Waals surface area contributed by atoms with Gasteiger partial charge in [-0.2, -0.15) is 0 Å². The van der Waals surface area contributed by atoms with Crippen LogP contribution in [-0.4, -0.2) is 53.4 Å². The van der Waals surface area contributed by atoms with Gasteiger partial charge in [0.2, 0.25) is 5.91 Å². The molecule has 0 unspecified atom stereocenters. The van der Waals surface area contributed by atoms with E-state index in [0.717, 1.165) is 32.7 Å². The van der Waals surface area contributed by atoms with Crippen LogP contribution in [0.5, 0.6) is 0 Å². The summed E-state index contributed by atoms with van der Waals surface area (Å²) in [5.41, 5.74) is 2.77. The second-order valence-corrected chi connectivity index (χ2v) is 7.36. The molecule has 0 aromatic heterocycles. The fourth-order valence-electron chi connectivity index (χ4n) is 3.25. The molecule has 1 fully saturated rings. The molecule has 8 heteroatoms. The number of anilines is 1. The van der Waals surface area contributed by atoms with Gasteiger partial charge in [0.25, 0.3) is 5.69 Å². The lowest BCUT2D eigenvalue weighted by atomic mass is 10.1. The predicted octanol–water partition coefficient (Wildman–Crippen LogP) is 3.31. The van der Waals surface area contributed by atoms with Crippen LogP contribution in [0.2, 0.25) is 5.02 Å². The largest absolute Gasteiger partial charge is 0.323 e. The minimum absolute atomic E-state index is 0.107. The molecule has 0 spiro atoms. The highest BCUT2D eigenvalue weighted by Gasteiger charge is 2.20. The number of aryl methyl sites for hydroxylation is 1. The number of piperazine rings is 1. The highest BCUT2D eigenvalue weighted by molar-refractivity contribution is 6.33. The molecule has 2 aromatic rings. The fraction of sp³-hybridized carbons (Fsp3) is 0.350. The lowest BCUT2D eigenvalue weighted by molar-refractivity contribution is -0.384. The molecule has 1 amide bonds. The van der Waals surface area contributed by atoms with Crippen molar-refractivity contribution in [3.63, 3.8) is 0 Å². The number of carbonyl (C=O) groups excluding carboxylic acids is 1. The Hall–Kier alpha value is -2.48. The van der Waals surface area contributed by atoms with Gasteiger partial charge in [-0.3, -0.25) is 24.7 Å². The summed E-state index contributed by atoms with van der Waals surface area (Å²) in [7, 11) is 0. The molecule has 0 atom stereocenters. The van der Waals surface area contributed by atoms with E-state index in [2.05, 4.69) is 40.2 Å². The molecule has 1 N–H and O–H groups in total. The van der Waals surface area contributed by atoms with Gasteiger partial charge in [0.15, 0.2) is 0 Å². The fourth-order valence-corrected chi connectivity index (χ4v) is 3.41. The quantitative estimate of drug-likeness (QED) is 0.592. The number of benzene rings is 2. The molecule has 1 heterocycles. The smallest absolute Gasteiger partial charge is 0.271 e. The van der Waals surface area contributed by atoms with Crippen LogP contribution in [0.4, 0.5) is 11.4 Å². The summed E-state index contributed by atoms with van der Waals surface area (Å²) >= 11 is 6.04. The molecule has 1 aliphatic heterocycles. The van der Waals surface area contributed by atoms with Gasteiger partial charge in [0, 0.05) is 44.9 Å². The van der Waals surface area contributed by atoms with Crippen LogP contribution < -0.4 is 5.32 Å². The van der Waals surface area contributed by atoms with Crippen LogP contribution in [-0.2, 0) is 11.3 Å². The summed E-state index contributed by atoms with van der Waals surface area (Å²) in [4.78, 5) is 27.2. The molecule has 1 aliphatic rings. The van der Waals surface area contributed by atoms with E-state index in [1.807, 2.05) is 6.07 Å². The monoisotopic (exact) mass is 402 g/mol. The Kier molecular flexibility index (Phi) is 6.61. The summed E-state index contributed by atoms with van der Waals surface area (Å²) in [6.07, 6.45) is 0. The van der Waals surface area contributed by atoms with E-state index in [4.69, 9.17) is 11.6 Å². The first kappa shape index (κ1) is 20.3. The van der Waals surface area contributed by atoms with Crippen LogP contribution in [0, 0.1) is 17.0 Å². The summed E-state index contributed by atoms with van der Waals surface area (Å²) in [6, 6.07) is 12.4. The Bertz CT molecular complexity index is 866. The van der Waals surface area contributed by atoms with E-state index in [-0.39, 0.29) is 28.8 Å². The molecule has 7 nitrogen and oxygen atoms in total. The van der Waals surface area contributed by atoms with Gasteiger partial charge in [-0.05, 0) is 24.1 Å². The summed E-state index contributed by atoms with van der Waals surface area (Å²) in [6.45, 7) is 6.63. The number of halogens is 1. The van der Waals surface area contributed by atoms with Crippen molar-refractivity contribution < 1.29 is 9.72 Å². The van der Waals surface area contributed by atoms with Gasteiger partial charge >= 0.3 is 0 Å². The van der Waals surface area contributed by atoms with E-state index in [1.54, 1.807) is 0 Å². The number of amides is 1. The number of rotatable bonds is 6. The van der Waals surface area contributed by atoms with Crippen molar-refractivity contribution in [2.45, 2.75) is 13.5 Å². The van der Waals surface area contributed by atoms with Crippen LogP contribution in [0.3, 0.4) is 0 Å². The van der Waals surface area contributed by atoms with Gasteiger partial charge in [-0.15, -0.1) is 0 Å². The third kappa shape index (κ3) is 5.28. The van der Waals surface area contributed by atoms with Crippen molar-refractivity contribution in [1.29, 1.82) is 0 Å². The predicted molar refractivity (Wildman–Crippen MR) is 110 cm³/mol. The highest BCUT2D eigenvalue weighted by Crippen LogP contribution is 2.26. The zero-order valence-corrected chi connectivity index (χ0v) is 16.5. The molecule has 1 saturated heterocycles. The topological polar surface area (TPSA) is 78.7 Å². The lowest BCUT2D eigenvalue weighted by Crippen LogP contribution is -2.48. The van der Waals surface area contributed by atoms with E-state index in [1.165, 1.54) is 29.3 Å². The summed E-state index contributed by atoms with van der Waals surface area (Å²) in [5.74, 6) is -0.227. The molecular weight excluding hydrogens is 380 g/mol. The number of non-ortho nitro benzene ring substituents is 1. The Morgan fingerprint density at radius 1 is 1.14 bits per heavy atom. The van der Waals surface area contributed by atoms with Crippen molar-refractivity contribution in [2.24, 2.45) is 0 Å². The average molecular weight is 403 g/mol. The minimum Gasteiger partial charge on any atom is -0.323 e. The number of nitrogens with zero attached hydrogens (tertiary/aromatic N) is 3. The Morgan fingerprint density at radius 3 is 2.50 bits per heavy atom. The molecule has 2 aromatic carbocycles. The van der Waals surface area contributed by atoms with E-state index >= 15 is 0 Å². The maximum absolute atomic E-state index is 12.3. The zero-order chi connectivity index (χ0) is 20.1. The second-order valence-electron chi connectivity index (χ2n) is 6.95. The normalized spacial score (nSPS) is 15.4. The third-order valence-electron chi connectivity index (χ3n) is 4.92. The Balaban J connectivity index is 1.49. The van der Waals surface area contributed by atoms with Crippen molar-refractivity contribution in [2.75, 3.05) is 38.0 Å². The number of nitro benzene ring substituents is 1. The highest BCUT2D eigenvalue weighted by atomic mass is 35.5. The number of hydrogen-bond donors (Lipinski definition) is 1. The third-order valence-corrected chi connectivity index (χ3v) is 5.25. The van der Waals surface area contributed by atoms with E-state index in [0.29, 0.717) is 0 Å². The second kappa shape index (κ2) is 9.14. The van der Waals surface area contributed by atoms with Crippen molar-refractivity contribution in [1.82, 2.24) is 9.80 Å². The standard InChI is InChI=1S/C20H23ClN4O3/c1-15-4-2-3-5-16(15)13-23-8-10-24(11-9-23)14-20(26)22-19-12-17(25(27)28)6-7-18(19)21/h2-7,12H,8-11,13-14H2,1H3,(H,22,26). The molecule has 148 valence electrons. The van der Waals surface area contributed by atoms with Crippen LogP contribution in [0.1, 0.15) is 11.1 Å². The molecule has 0 saturated carbocycles. The first-order valence-electron chi connectivity index (χ1n) is 9.15. The van der Waals surface area contributed by atoms with Crippen LogP contribution in [0.15, 0.2) is 42.5 Å². The van der Waals surface area contributed by atoms with Crippen molar-refractivity contribution in [3.8, 4) is 0 Å². The van der Waals surface area contributed by atoms with Crippen molar-refractivity contribution in [3.05, 3.63) is 68.7 Å². The number of nitro groups is 1. The van der Waals surface area contributed by atoms with Gasteiger partial charge in [0.05, 0.1) is 22.2 Å². The first-order valence-corrected chi connectivity index (χ1v) is 9.53. The first-order chi connectivity index (χ1) is 13.4. The summed E-state index contributed by atoms with van der Waals surface area (Å²) < 4.78 is 0. The van der Waals surface area contributed by atoms with Gasteiger partial charge in [-0.25, -0.2) is 0 Å². The molecule has 0 radical (unpaired) electrons. The SMILES string of the molecule is Cc1ccccc1CN1CCN(CC(=O)Nc2cc([N+](=O)[O-])ccc2Cl)CC1. The van der Waals surface area contributed by atoms with Gasteiger partial charge in [0.1, 0.15) is 0 Å². The Labute approximate surface area is 169 Å². The average Bonchev–Trinajstić information content (AvgIpc) is 2.66. The van der Waals surface area contributed by atoms with E-state index < -0.39 is 4.92 Å². The van der Waals surface area contributed by atoms with Gasteiger partial charge in [-0.1, -0.05) is 35.9 Å². The van der Waals surface area contributed by atoms with Crippen LogP contribution >= 0.6 is 11.6 Å². The lowest BCUT2D eigenvalue weighted by Gasteiger charge is -2.34.